The lowest BCUT2D eigenvalue weighted by Gasteiger charge is -2.26. The molecular formula is C26H19BrF3NO6. The van der Waals surface area contributed by atoms with Crippen LogP contribution in [0.3, 0.4) is 0 Å². The summed E-state index contributed by atoms with van der Waals surface area (Å²) < 4.78 is 52.6. The number of hydrogen-bond acceptors (Lipinski definition) is 6. The minimum Gasteiger partial charge on any atom is -0.507 e. The van der Waals surface area contributed by atoms with E-state index in [0.717, 1.165) is 17.0 Å². The van der Waals surface area contributed by atoms with Gasteiger partial charge in [0.25, 0.3) is 11.7 Å². The summed E-state index contributed by atoms with van der Waals surface area (Å²) in [5.41, 5.74) is 0.651. The molecule has 37 heavy (non-hydrogen) atoms. The van der Waals surface area contributed by atoms with Gasteiger partial charge in [0.1, 0.15) is 23.0 Å². The second kappa shape index (κ2) is 10.2. The molecular weight excluding hydrogens is 559 g/mol. The summed E-state index contributed by atoms with van der Waals surface area (Å²) in [6, 6.07) is 14.6. The summed E-state index contributed by atoms with van der Waals surface area (Å²) in [7, 11) is 2.95. The number of ketones is 1. The summed E-state index contributed by atoms with van der Waals surface area (Å²) in [4.78, 5) is 27.6. The molecule has 1 unspecified atom stereocenters. The number of anilines is 1. The van der Waals surface area contributed by atoms with Crippen LogP contribution in [0.25, 0.3) is 5.76 Å². The maximum absolute atomic E-state index is 13.2. The van der Waals surface area contributed by atoms with Gasteiger partial charge in [0.2, 0.25) is 0 Å². The molecule has 1 heterocycles. The Morgan fingerprint density at radius 3 is 2.08 bits per heavy atom. The minimum atomic E-state index is -4.89. The number of carbonyl (C=O) groups excluding carboxylic acids is 2. The monoisotopic (exact) mass is 577 g/mol. The van der Waals surface area contributed by atoms with Gasteiger partial charge in [-0.2, -0.15) is 0 Å². The van der Waals surface area contributed by atoms with Crippen molar-refractivity contribution in [2.75, 3.05) is 19.1 Å². The van der Waals surface area contributed by atoms with Gasteiger partial charge in [-0.3, -0.25) is 14.5 Å². The van der Waals surface area contributed by atoms with E-state index in [-0.39, 0.29) is 16.8 Å². The molecule has 0 aromatic heterocycles. The number of hydrogen-bond donors (Lipinski definition) is 1. The summed E-state index contributed by atoms with van der Waals surface area (Å²) in [5.74, 6) is -1.82. The molecule has 3 aromatic carbocycles. The number of halogens is 4. The maximum atomic E-state index is 13.2. The number of Topliss-reactive ketones (excluding diaryl/α,β-unsaturated/α-hetero) is 1. The van der Waals surface area contributed by atoms with Crippen molar-refractivity contribution in [1.29, 1.82) is 0 Å². The first kappa shape index (κ1) is 26.1. The van der Waals surface area contributed by atoms with Crippen LogP contribution in [-0.2, 0) is 9.59 Å². The molecule has 192 valence electrons. The van der Waals surface area contributed by atoms with E-state index in [4.69, 9.17) is 9.47 Å². The van der Waals surface area contributed by atoms with Crippen molar-refractivity contribution in [2.24, 2.45) is 0 Å². The number of carbonyl (C=O) groups is 2. The molecule has 1 saturated heterocycles. The van der Waals surface area contributed by atoms with Crippen molar-refractivity contribution in [3.05, 3.63) is 87.9 Å². The van der Waals surface area contributed by atoms with Crippen molar-refractivity contribution in [2.45, 2.75) is 12.4 Å². The SMILES string of the molecule is COc1ccc(C2/C(=C(/O)c3ccc(OC)c(Br)c3)C(=O)C(=O)N2c2ccc(OC(F)(F)F)cc2)cc1. The van der Waals surface area contributed by atoms with E-state index >= 15 is 0 Å². The Morgan fingerprint density at radius 2 is 1.54 bits per heavy atom. The molecule has 3 aromatic rings. The van der Waals surface area contributed by atoms with E-state index in [9.17, 15) is 27.9 Å². The summed E-state index contributed by atoms with van der Waals surface area (Å²) in [5, 5.41) is 11.2. The Hall–Kier alpha value is -3.99. The number of methoxy groups -OCH3 is 2. The molecule has 0 saturated carbocycles. The average molecular weight is 578 g/mol. The number of amides is 1. The Labute approximate surface area is 217 Å². The zero-order valence-corrected chi connectivity index (χ0v) is 21.0. The molecule has 4 rings (SSSR count). The predicted octanol–water partition coefficient (Wildman–Crippen LogP) is 5.99. The Bertz CT molecular complexity index is 1370. The van der Waals surface area contributed by atoms with Gasteiger partial charge in [-0.15, -0.1) is 13.2 Å². The highest BCUT2D eigenvalue weighted by Gasteiger charge is 2.47. The third-order valence-electron chi connectivity index (χ3n) is 5.65. The minimum absolute atomic E-state index is 0.132. The van der Waals surface area contributed by atoms with E-state index in [1.165, 1.54) is 38.5 Å². The van der Waals surface area contributed by atoms with Gasteiger partial charge in [-0.1, -0.05) is 12.1 Å². The standard InChI is InChI=1S/C26H19BrF3NO6/c1-35-17-8-3-14(4-9-17)22-21(23(32)15-5-12-20(36-2)19(27)13-15)24(33)25(34)31(22)16-6-10-18(11-7-16)37-26(28,29)30/h3-13,22,32H,1-2H3/b23-21-. The summed E-state index contributed by atoms with van der Waals surface area (Å²) in [6.07, 6.45) is -4.89. The molecule has 1 N–H and O–H groups in total. The van der Waals surface area contributed by atoms with E-state index in [1.807, 2.05) is 0 Å². The molecule has 1 aliphatic heterocycles. The molecule has 1 atom stereocenters. The van der Waals surface area contributed by atoms with Gasteiger partial charge in [0, 0.05) is 11.3 Å². The molecule has 0 aliphatic carbocycles. The topological polar surface area (TPSA) is 85.3 Å². The Balaban J connectivity index is 1.86. The van der Waals surface area contributed by atoms with Crippen LogP contribution in [0.5, 0.6) is 17.2 Å². The fourth-order valence-electron chi connectivity index (χ4n) is 3.98. The molecule has 0 bridgehead atoms. The summed E-state index contributed by atoms with van der Waals surface area (Å²) >= 11 is 3.34. The van der Waals surface area contributed by atoms with Gasteiger partial charge in [-0.05, 0) is 76.1 Å². The molecule has 1 amide bonds. The molecule has 1 fully saturated rings. The lowest BCUT2D eigenvalue weighted by Crippen LogP contribution is -2.29. The number of benzene rings is 3. The molecule has 7 nitrogen and oxygen atoms in total. The number of rotatable bonds is 6. The first-order chi connectivity index (χ1) is 17.5. The van der Waals surface area contributed by atoms with Crippen molar-refractivity contribution < 1.29 is 42.1 Å². The third kappa shape index (κ3) is 5.26. The van der Waals surface area contributed by atoms with Gasteiger partial charge >= 0.3 is 6.36 Å². The van der Waals surface area contributed by atoms with Crippen LogP contribution in [0.1, 0.15) is 17.2 Å². The van der Waals surface area contributed by atoms with Gasteiger partial charge < -0.3 is 19.3 Å². The maximum Gasteiger partial charge on any atom is 0.573 e. The second-order valence-electron chi connectivity index (χ2n) is 7.83. The zero-order valence-electron chi connectivity index (χ0n) is 19.4. The van der Waals surface area contributed by atoms with Crippen molar-refractivity contribution in [3.63, 3.8) is 0 Å². The number of ether oxygens (including phenoxy) is 3. The highest BCUT2D eigenvalue weighted by molar-refractivity contribution is 9.10. The smallest absolute Gasteiger partial charge is 0.507 e. The zero-order chi connectivity index (χ0) is 26.9. The van der Waals surface area contributed by atoms with Crippen LogP contribution in [0.15, 0.2) is 76.8 Å². The second-order valence-corrected chi connectivity index (χ2v) is 8.69. The molecule has 1 aliphatic rings. The van der Waals surface area contributed by atoms with Crippen LogP contribution >= 0.6 is 15.9 Å². The number of alkyl halides is 3. The van der Waals surface area contributed by atoms with E-state index in [2.05, 4.69) is 20.7 Å². The fourth-order valence-corrected chi connectivity index (χ4v) is 4.52. The van der Waals surface area contributed by atoms with E-state index < -0.39 is 35.6 Å². The third-order valence-corrected chi connectivity index (χ3v) is 6.27. The summed E-state index contributed by atoms with van der Waals surface area (Å²) in [6.45, 7) is 0. The molecule has 11 heteroatoms. The number of aliphatic hydroxyl groups is 1. The Kier molecular flexibility index (Phi) is 7.17. The van der Waals surface area contributed by atoms with Crippen LogP contribution in [-0.4, -0.2) is 37.4 Å². The molecule has 0 radical (unpaired) electrons. The first-order valence-corrected chi connectivity index (χ1v) is 11.5. The van der Waals surface area contributed by atoms with Crippen LogP contribution in [0.2, 0.25) is 0 Å². The van der Waals surface area contributed by atoms with Crippen LogP contribution in [0, 0.1) is 0 Å². The quantitative estimate of drug-likeness (QED) is 0.220. The van der Waals surface area contributed by atoms with Crippen molar-refractivity contribution in [3.8, 4) is 17.2 Å². The number of aliphatic hydroxyl groups excluding tert-OH is 1. The largest absolute Gasteiger partial charge is 0.573 e. The highest BCUT2D eigenvalue weighted by atomic mass is 79.9. The van der Waals surface area contributed by atoms with Crippen molar-refractivity contribution in [1.82, 2.24) is 0 Å². The van der Waals surface area contributed by atoms with Crippen LogP contribution in [0.4, 0.5) is 18.9 Å². The normalized spacial score (nSPS) is 17.1. The Morgan fingerprint density at radius 1 is 0.919 bits per heavy atom. The van der Waals surface area contributed by atoms with Gasteiger partial charge in [0.05, 0.1) is 30.3 Å². The number of nitrogens with zero attached hydrogens (tertiary/aromatic N) is 1. The predicted molar refractivity (Wildman–Crippen MR) is 132 cm³/mol. The van der Waals surface area contributed by atoms with Gasteiger partial charge in [-0.25, -0.2) is 0 Å². The highest BCUT2D eigenvalue weighted by Crippen LogP contribution is 2.43. The molecule has 0 spiro atoms. The fraction of sp³-hybridized carbons (Fsp3) is 0.154. The lowest BCUT2D eigenvalue weighted by molar-refractivity contribution is -0.274. The lowest BCUT2D eigenvalue weighted by atomic mass is 9.95. The van der Waals surface area contributed by atoms with Crippen LogP contribution < -0.4 is 19.1 Å². The van der Waals surface area contributed by atoms with Gasteiger partial charge in [0.15, 0.2) is 0 Å². The first-order valence-electron chi connectivity index (χ1n) is 10.7. The average Bonchev–Trinajstić information content (AvgIpc) is 3.13. The van der Waals surface area contributed by atoms with E-state index in [1.54, 1.807) is 30.3 Å². The van der Waals surface area contributed by atoms with Crippen molar-refractivity contribution >= 4 is 39.1 Å². The van der Waals surface area contributed by atoms with E-state index in [0.29, 0.717) is 21.5 Å².